The lowest BCUT2D eigenvalue weighted by Gasteiger charge is -2.27. The number of nitrogens with zero attached hydrogens (tertiary/aromatic N) is 1. The molecule has 0 saturated heterocycles. The predicted molar refractivity (Wildman–Crippen MR) is 68.1 cm³/mol. The van der Waals surface area contributed by atoms with Gasteiger partial charge in [-0.25, -0.2) is 0 Å². The molecule has 0 spiro atoms. The van der Waals surface area contributed by atoms with Crippen molar-refractivity contribution in [3.8, 4) is 6.07 Å². The standard InChI is InChI=1S/C13H15ClN2O/c14-10-2-1-9(8-15)13(7-10)16-11-3-5-12(17)6-4-11/h1-2,7,11-12,16-17H,3-6H2. The number of nitrogens with one attached hydrogen (secondary N) is 1. The Hall–Kier alpha value is -1.24. The van der Waals surface area contributed by atoms with Crippen molar-refractivity contribution in [2.24, 2.45) is 0 Å². The van der Waals surface area contributed by atoms with Crippen LogP contribution in [0.15, 0.2) is 18.2 Å². The first-order valence-electron chi connectivity index (χ1n) is 5.83. The van der Waals surface area contributed by atoms with E-state index in [4.69, 9.17) is 16.9 Å². The van der Waals surface area contributed by atoms with E-state index in [2.05, 4.69) is 11.4 Å². The van der Waals surface area contributed by atoms with Crippen molar-refractivity contribution in [3.63, 3.8) is 0 Å². The average molecular weight is 251 g/mol. The highest BCUT2D eigenvalue weighted by Crippen LogP contribution is 2.26. The number of aliphatic hydroxyl groups excluding tert-OH is 1. The lowest BCUT2D eigenvalue weighted by atomic mass is 9.93. The van der Waals surface area contributed by atoms with Crippen LogP contribution in [0.5, 0.6) is 0 Å². The normalized spacial score (nSPS) is 24.1. The second kappa shape index (κ2) is 5.39. The maximum absolute atomic E-state index is 9.44. The van der Waals surface area contributed by atoms with Gasteiger partial charge in [-0.15, -0.1) is 0 Å². The van der Waals surface area contributed by atoms with E-state index in [0.717, 1.165) is 31.4 Å². The summed E-state index contributed by atoms with van der Waals surface area (Å²) in [5, 5.41) is 22.4. The van der Waals surface area contributed by atoms with Crippen molar-refractivity contribution < 1.29 is 5.11 Å². The van der Waals surface area contributed by atoms with Gasteiger partial charge in [-0.05, 0) is 43.9 Å². The third-order valence-electron chi connectivity index (χ3n) is 3.16. The molecule has 17 heavy (non-hydrogen) atoms. The van der Waals surface area contributed by atoms with E-state index in [0.29, 0.717) is 16.6 Å². The van der Waals surface area contributed by atoms with Crippen LogP contribution >= 0.6 is 11.6 Å². The van der Waals surface area contributed by atoms with Crippen LogP contribution < -0.4 is 5.32 Å². The first-order valence-corrected chi connectivity index (χ1v) is 6.21. The molecule has 4 heteroatoms. The summed E-state index contributed by atoms with van der Waals surface area (Å²) in [6.45, 7) is 0. The topological polar surface area (TPSA) is 56.0 Å². The zero-order chi connectivity index (χ0) is 12.3. The predicted octanol–water partition coefficient (Wildman–Crippen LogP) is 2.93. The molecule has 2 rings (SSSR count). The van der Waals surface area contributed by atoms with Gasteiger partial charge < -0.3 is 10.4 Å². The molecule has 1 saturated carbocycles. The smallest absolute Gasteiger partial charge is 0.101 e. The lowest BCUT2D eigenvalue weighted by Crippen LogP contribution is -2.28. The highest BCUT2D eigenvalue weighted by Gasteiger charge is 2.19. The molecule has 0 aliphatic heterocycles. The fourth-order valence-electron chi connectivity index (χ4n) is 2.17. The Morgan fingerprint density at radius 3 is 2.65 bits per heavy atom. The van der Waals surface area contributed by atoms with E-state index in [1.807, 2.05) is 0 Å². The molecule has 90 valence electrons. The number of hydrogen-bond donors (Lipinski definition) is 2. The maximum Gasteiger partial charge on any atom is 0.101 e. The average Bonchev–Trinajstić information content (AvgIpc) is 2.32. The van der Waals surface area contributed by atoms with Crippen LogP contribution in [0.25, 0.3) is 0 Å². The van der Waals surface area contributed by atoms with Gasteiger partial charge in [-0.1, -0.05) is 11.6 Å². The van der Waals surface area contributed by atoms with Crippen LogP contribution in [0.3, 0.4) is 0 Å². The van der Waals surface area contributed by atoms with Gasteiger partial charge in [0.15, 0.2) is 0 Å². The van der Waals surface area contributed by atoms with Crippen LogP contribution in [-0.2, 0) is 0 Å². The monoisotopic (exact) mass is 250 g/mol. The molecule has 0 heterocycles. The van der Waals surface area contributed by atoms with Crippen LogP contribution in [-0.4, -0.2) is 17.3 Å². The van der Waals surface area contributed by atoms with Crippen molar-refractivity contribution in [1.29, 1.82) is 5.26 Å². The van der Waals surface area contributed by atoms with Crippen molar-refractivity contribution in [2.45, 2.75) is 37.8 Å². The third-order valence-corrected chi connectivity index (χ3v) is 3.39. The van der Waals surface area contributed by atoms with Crippen LogP contribution in [0, 0.1) is 11.3 Å². The Labute approximate surface area is 106 Å². The summed E-state index contributed by atoms with van der Waals surface area (Å²) in [4.78, 5) is 0. The number of benzene rings is 1. The molecule has 3 nitrogen and oxygen atoms in total. The van der Waals surface area contributed by atoms with E-state index in [-0.39, 0.29) is 6.10 Å². The Kier molecular flexibility index (Phi) is 3.88. The summed E-state index contributed by atoms with van der Waals surface area (Å²) < 4.78 is 0. The Bertz CT molecular complexity index is 434. The van der Waals surface area contributed by atoms with Crippen molar-refractivity contribution >= 4 is 17.3 Å². The molecule has 0 unspecified atom stereocenters. The molecule has 0 aromatic heterocycles. The molecule has 1 aromatic rings. The van der Waals surface area contributed by atoms with Gasteiger partial charge in [0.2, 0.25) is 0 Å². The minimum Gasteiger partial charge on any atom is -0.393 e. The molecule has 1 aromatic carbocycles. The summed E-state index contributed by atoms with van der Waals surface area (Å²) >= 11 is 5.93. The van der Waals surface area contributed by atoms with E-state index < -0.39 is 0 Å². The third kappa shape index (κ3) is 3.12. The molecular weight excluding hydrogens is 236 g/mol. The van der Waals surface area contributed by atoms with Gasteiger partial charge in [0, 0.05) is 11.1 Å². The van der Waals surface area contributed by atoms with Gasteiger partial charge in [0.1, 0.15) is 6.07 Å². The lowest BCUT2D eigenvalue weighted by molar-refractivity contribution is 0.126. The minimum absolute atomic E-state index is 0.164. The fraction of sp³-hybridized carbons (Fsp3) is 0.462. The molecule has 1 aliphatic rings. The van der Waals surface area contributed by atoms with E-state index in [9.17, 15) is 5.11 Å². The van der Waals surface area contributed by atoms with Gasteiger partial charge in [0.05, 0.1) is 17.4 Å². The molecule has 0 bridgehead atoms. The summed E-state index contributed by atoms with van der Waals surface area (Å²) in [6.07, 6.45) is 3.33. The van der Waals surface area contributed by atoms with Gasteiger partial charge in [-0.2, -0.15) is 5.26 Å². The number of rotatable bonds is 2. The number of nitriles is 1. The van der Waals surface area contributed by atoms with Gasteiger partial charge in [0.25, 0.3) is 0 Å². The number of halogens is 1. The maximum atomic E-state index is 9.44. The molecule has 1 fully saturated rings. The molecule has 2 N–H and O–H groups in total. The van der Waals surface area contributed by atoms with Crippen molar-refractivity contribution in [1.82, 2.24) is 0 Å². The largest absolute Gasteiger partial charge is 0.393 e. The van der Waals surface area contributed by atoms with Crippen LogP contribution in [0.2, 0.25) is 5.02 Å². The highest BCUT2D eigenvalue weighted by atomic mass is 35.5. The van der Waals surface area contributed by atoms with Crippen molar-refractivity contribution in [2.75, 3.05) is 5.32 Å². The van der Waals surface area contributed by atoms with Gasteiger partial charge in [-0.3, -0.25) is 0 Å². The van der Waals surface area contributed by atoms with Crippen LogP contribution in [0.1, 0.15) is 31.2 Å². The number of aliphatic hydroxyl groups is 1. The molecule has 1 aliphatic carbocycles. The quantitative estimate of drug-likeness (QED) is 0.849. The van der Waals surface area contributed by atoms with Crippen LogP contribution in [0.4, 0.5) is 5.69 Å². The SMILES string of the molecule is N#Cc1ccc(Cl)cc1NC1CCC(O)CC1. The number of hydrogen-bond acceptors (Lipinski definition) is 3. The summed E-state index contributed by atoms with van der Waals surface area (Å²) in [7, 11) is 0. The first kappa shape index (κ1) is 12.2. The summed E-state index contributed by atoms with van der Waals surface area (Å²) in [5.41, 5.74) is 1.40. The molecule has 0 atom stereocenters. The molecule has 0 amide bonds. The second-order valence-electron chi connectivity index (χ2n) is 4.45. The second-order valence-corrected chi connectivity index (χ2v) is 4.89. The summed E-state index contributed by atoms with van der Waals surface area (Å²) in [6, 6.07) is 7.70. The summed E-state index contributed by atoms with van der Waals surface area (Å²) in [5.74, 6) is 0. The first-order chi connectivity index (χ1) is 8.19. The minimum atomic E-state index is -0.164. The Balaban J connectivity index is 2.08. The van der Waals surface area contributed by atoms with E-state index in [1.165, 1.54) is 0 Å². The molecular formula is C13H15ClN2O. The Morgan fingerprint density at radius 1 is 1.29 bits per heavy atom. The van der Waals surface area contributed by atoms with E-state index in [1.54, 1.807) is 18.2 Å². The highest BCUT2D eigenvalue weighted by molar-refractivity contribution is 6.30. The molecule has 0 radical (unpaired) electrons. The van der Waals surface area contributed by atoms with E-state index >= 15 is 0 Å². The Morgan fingerprint density at radius 2 is 2.00 bits per heavy atom. The van der Waals surface area contributed by atoms with Gasteiger partial charge >= 0.3 is 0 Å². The number of anilines is 1. The fourth-order valence-corrected chi connectivity index (χ4v) is 2.35. The van der Waals surface area contributed by atoms with Crippen molar-refractivity contribution in [3.05, 3.63) is 28.8 Å². The zero-order valence-corrected chi connectivity index (χ0v) is 10.2. The zero-order valence-electron chi connectivity index (χ0n) is 9.49.